The van der Waals surface area contributed by atoms with E-state index in [1.54, 1.807) is 6.20 Å². The number of nitrogens with two attached hydrogens (primary N) is 1. The Bertz CT molecular complexity index is 600. The van der Waals surface area contributed by atoms with Gasteiger partial charge in [-0.2, -0.15) is 0 Å². The molecule has 2 aromatic rings. The SMILES string of the molecule is Cc1cc(C)c(C(O)c2c(C)ccnc2N)cc1C. The Morgan fingerprint density at radius 1 is 1.00 bits per heavy atom. The largest absolute Gasteiger partial charge is 0.383 e. The number of aromatic nitrogens is 1. The summed E-state index contributed by atoms with van der Waals surface area (Å²) in [6.07, 6.45) is 0.932. The molecule has 0 radical (unpaired) electrons. The molecule has 0 aliphatic carbocycles. The van der Waals surface area contributed by atoms with Crippen LogP contribution in [0.3, 0.4) is 0 Å². The van der Waals surface area contributed by atoms with Crippen molar-refractivity contribution < 1.29 is 5.11 Å². The Labute approximate surface area is 114 Å². The number of aryl methyl sites for hydroxylation is 4. The van der Waals surface area contributed by atoms with Gasteiger partial charge >= 0.3 is 0 Å². The van der Waals surface area contributed by atoms with Crippen LogP contribution >= 0.6 is 0 Å². The predicted octanol–water partition coefficient (Wildman–Crippen LogP) is 2.98. The molecule has 1 heterocycles. The number of benzene rings is 1. The first kappa shape index (κ1) is 13.6. The van der Waals surface area contributed by atoms with Crippen molar-refractivity contribution in [3.63, 3.8) is 0 Å². The van der Waals surface area contributed by atoms with Gasteiger partial charge in [0.15, 0.2) is 0 Å². The van der Waals surface area contributed by atoms with Crippen LogP contribution in [0.2, 0.25) is 0 Å². The van der Waals surface area contributed by atoms with E-state index in [1.165, 1.54) is 11.1 Å². The Morgan fingerprint density at radius 2 is 1.63 bits per heavy atom. The third kappa shape index (κ3) is 2.47. The minimum atomic E-state index is -0.729. The Kier molecular flexibility index (Phi) is 3.58. The molecule has 1 aromatic carbocycles. The number of rotatable bonds is 2. The molecular weight excluding hydrogens is 236 g/mol. The van der Waals surface area contributed by atoms with Gasteiger partial charge in [-0.15, -0.1) is 0 Å². The lowest BCUT2D eigenvalue weighted by Gasteiger charge is -2.19. The first-order valence-corrected chi connectivity index (χ1v) is 6.38. The minimum Gasteiger partial charge on any atom is -0.383 e. The van der Waals surface area contributed by atoms with Gasteiger partial charge < -0.3 is 10.8 Å². The quantitative estimate of drug-likeness (QED) is 0.868. The predicted molar refractivity (Wildman–Crippen MR) is 78.1 cm³/mol. The van der Waals surface area contributed by atoms with Gasteiger partial charge in [-0.1, -0.05) is 12.1 Å². The third-order valence-corrected chi connectivity index (χ3v) is 3.69. The van der Waals surface area contributed by atoms with Gasteiger partial charge in [-0.25, -0.2) is 4.98 Å². The van der Waals surface area contributed by atoms with Crippen LogP contribution in [-0.4, -0.2) is 10.1 Å². The summed E-state index contributed by atoms with van der Waals surface area (Å²) in [7, 11) is 0. The van der Waals surface area contributed by atoms with Crippen molar-refractivity contribution in [3.05, 3.63) is 57.8 Å². The number of aliphatic hydroxyl groups is 1. The van der Waals surface area contributed by atoms with Crippen LogP contribution in [0.4, 0.5) is 5.82 Å². The molecule has 1 atom stereocenters. The number of nitrogen functional groups attached to an aromatic ring is 1. The van der Waals surface area contributed by atoms with Gasteiger partial charge in [0.25, 0.3) is 0 Å². The average molecular weight is 256 g/mol. The standard InChI is InChI=1S/C16H20N2O/c1-9-5-6-18-16(17)14(9)15(19)13-8-11(3)10(2)7-12(13)4/h5-8,15,19H,1-4H3,(H2,17,18). The van der Waals surface area contributed by atoms with Crippen molar-refractivity contribution in [2.24, 2.45) is 0 Å². The summed E-state index contributed by atoms with van der Waals surface area (Å²) in [6.45, 7) is 8.06. The summed E-state index contributed by atoms with van der Waals surface area (Å²) in [5.74, 6) is 0.394. The molecule has 0 saturated heterocycles. The summed E-state index contributed by atoms with van der Waals surface area (Å²) >= 11 is 0. The van der Waals surface area contributed by atoms with Crippen LogP contribution in [0.25, 0.3) is 0 Å². The van der Waals surface area contributed by atoms with Crippen molar-refractivity contribution in [3.8, 4) is 0 Å². The molecule has 0 aliphatic rings. The molecule has 0 amide bonds. The summed E-state index contributed by atoms with van der Waals surface area (Å²) in [5, 5.41) is 10.6. The fraction of sp³-hybridized carbons (Fsp3) is 0.312. The number of pyridine rings is 1. The molecule has 1 aromatic heterocycles. The highest BCUT2D eigenvalue weighted by molar-refractivity contribution is 5.51. The molecule has 2 rings (SSSR count). The highest BCUT2D eigenvalue weighted by Gasteiger charge is 2.19. The first-order valence-electron chi connectivity index (χ1n) is 6.38. The number of aliphatic hydroxyl groups excluding tert-OH is 1. The number of nitrogens with zero attached hydrogens (tertiary/aromatic N) is 1. The van der Waals surface area contributed by atoms with E-state index in [0.29, 0.717) is 11.4 Å². The van der Waals surface area contributed by atoms with Crippen LogP contribution in [0.15, 0.2) is 24.4 Å². The van der Waals surface area contributed by atoms with Gasteiger partial charge in [0.05, 0.1) is 0 Å². The lowest BCUT2D eigenvalue weighted by atomic mass is 9.92. The Morgan fingerprint density at radius 3 is 2.26 bits per heavy atom. The highest BCUT2D eigenvalue weighted by Crippen LogP contribution is 2.31. The summed E-state index contributed by atoms with van der Waals surface area (Å²) in [5.41, 5.74) is 11.9. The second-order valence-corrected chi connectivity index (χ2v) is 5.12. The highest BCUT2D eigenvalue weighted by atomic mass is 16.3. The molecule has 3 N–H and O–H groups in total. The zero-order valence-electron chi connectivity index (χ0n) is 11.9. The van der Waals surface area contributed by atoms with Crippen molar-refractivity contribution in [2.45, 2.75) is 33.8 Å². The minimum absolute atomic E-state index is 0.394. The number of hydrogen-bond donors (Lipinski definition) is 2. The lowest BCUT2D eigenvalue weighted by Crippen LogP contribution is -2.09. The number of hydrogen-bond acceptors (Lipinski definition) is 3. The molecule has 100 valence electrons. The normalized spacial score (nSPS) is 12.5. The lowest BCUT2D eigenvalue weighted by molar-refractivity contribution is 0.219. The summed E-state index contributed by atoms with van der Waals surface area (Å²) in [6, 6.07) is 5.99. The molecule has 19 heavy (non-hydrogen) atoms. The fourth-order valence-corrected chi connectivity index (χ4v) is 2.38. The van der Waals surface area contributed by atoms with E-state index in [1.807, 2.05) is 32.9 Å². The molecule has 0 spiro atoms. The molecule has 1 unspecified atom stereocenters. The molecular formula is C16H20N2O. The van der Waals surface area contributed by atoms with Gasteiger partial charge in [-0.05, 0) is 61.6 Å². The maximum absolute atomic E-state index is 10.6. The topological polar surface area (TPSA) is 59.1 Å². The molecule has 0 bridgehead atoms. The second kappa shape index (κ2) is 5.02. The van der Waals surface area contributed by atoms with E-state index in [-0.39, 0.29) is 0 Å². The zero-order chi connectivity index (χ0) is 14.2. The van der Waals surface area contributed by atoms with E-state index >= 15 is 0 Å². The Hall–Kier alpha value is -1.87. The number of anilines is 1. The molecule has 0 saturated carbocycles. The van der Waals surface area contributed by atoms with Crippen molar-refractivity contribution in [1.82, 2.24) is 4.98 Å². The Balaban J connectivity index is 2.56. The van der Waals surface area contributed by atoms with Gasteiger partial charge in [0.2, 0.25) is 0 Å². The van der Waals surface area contributed by atoms with Crippen LogP contribution in [0.1, 0.15) is 39.5 Å². The van der Waals surface area contributed by atoms with E-state index in [4.69, 9.17) is 5.73 Å². The smallest absolute Gasteiger partial charge is 0.129 e. The zero-order valence-corrected chi connectivity index (χ0v) is 11.9. The van der Waals surface area contributed by atoms with E-state index < -0.39 is 6.10 Å². The second-order valence-electron chi connectivity index (χ2n) is 5.12. The first-order chi connectivity index (χ1) is 8.91. The average Bonchev–Trinajstić information content (AvgIpc) is 2.33. The van der Waals surface area contributed by atoms with Gasteiger partial charge in [0.1, 0.15) is 11.9 Å². The maximum atomic E-state index is 10.6. The fourth-order valence-electron chi connectivity index (χ4n) is 2.38. The molecule has 3 heteroatoms. The van der Waals surface area contributed by atoms with Crippen LogP contribution in [0.5, 0.6) is 0 Å². The maximum Gasteiger partial charge on any atom is 0.129 e. The van der Waals surface area contributed by atoms with Crippen LogP contribution < -0.4 is 5.73 Å². The van der Waals surface area contributed by atoms with E-state index in [2.05, 4.69) is 18.0 Å². The summed E-state index contributed by atoms with van der Waals surface area (Å²) in [4.78, 5) is 4.07. The van der Waals surface area contributed by atoms with E-state index in [9.17, 15) is 5.11 Å². The molecule has 0 aliphatic heterocycles. The van der Waals surface area contributed by atoms with Crippen molar-refractivity contribution in [2.75, 3.05) is 5.73 Å². The third-order valence-electron chi connectivity index (χ3n) is 3.69. The van der Waals surface area contributed by atoms with Crippen LogP contribution in [-0.2, 0) is 0 Å². The van der Waals surface area contributed by atoms with Gasteiger partial charge in [0, 0.05) is 11.8 Å². The molecule has 0 fully saturated rings. The van der Waals surface area contributed by atoms with E-state index in [0.717, 1.165) is 16.7 Å². The summed E-state index contributed by atoms with van der Waals surface area (Å²) < 4.78 is 0. The van der Waals surface area contributed by atoms with Crippen LogP contribution in [0, 0.1) is 27.7 Å². The monoisotopic (exact) mass is 256 g/mol. The van der Waals surface area contributed by atoms with Gasteiger partial charge in [-0.3, -0.25) is 0 Å². The van der Waals surface area contributed by atoms with Crippen molar-refractivity contribution in [1.29, 1.82) is 0 Å². The van der Waals surface area contributed by atoms with Crippen molar-refractivity contribution >= 4 is 5.82 Å². The molecule has 3 nitrogen and oxygen atoms in total.